The maximum absolute atomic E-state index is 12.3. The van der Waals surface area contributed by atoms with E-state index in [0.717, 1.165) is 29.9 Å². The number of carbonyl (C=O) groups is 1. The Kier molecular flexibility index (Phi) is 6.24. The predicted molar refractivity (Wildman–Crippen MR) is 100 cm³/mol. The van der Waals surface area contributed by atoms with Crippen molar-refractivity contribution in [2.45, 2.75) is 44.8 Å². The third-order valence-corrected chi connectivity index (χ3v) is 4.97. The van der Waals surface area contributed by atoms with Gasteiger partial charge >= 0.3 is 0 Å². The number of ether oxygens (including phenoxy) is 1. The lowest BCUT2D eigenvalue weighted by atomic mass is 9.87. The van der Waals surface area contributed by atoms with E-state index in [-0.39, 0.29) is 18.6 Å². The molecule has 25 heavy (non-hydrogen) atoms. The molecule has 1 amide bonds. The first kappa shape index (κ1) is 17.7. The highest BCUT2D eigenvalue weighted by atomic mass is 16.5. The predicted octanol–water partition coefficient (Wildman–Crippen LogP) is 4.49. The molecule has 132 valence electrons. The summed E-state index contributed by atoms with van der Waals surface area (Å²) in [5, 5.41) is 3.13. The molecule has 2 aromatic rings. The standard InChI is InChI=1S/C22H27NO2/c1-17-12-14-20(15-13-17)23-21(24)16-25-22(18-8-4-2-5-9-18)19-10-6-3-7-11-19/h2-11,17,20,22H,12-16H2,1H3,(H,23,24). The first-order valence-corrected chi connectivity index (χ1v) is 9.23. The van der Waals surface area contributed by atoms with E-state index >= 15 is 0 Å². The van der Waals surface area contributed by atoms with Gasteiger partial charge in [-0.3, -0.25) is 4.79 Å². The van der Waals surface area contributed by atoms with E-state index in [0.29, 0.717) is 6.04 Å². The first-order chi connectivity index (χ1) is 12.2. The summed E-state index contributed by atoms with van der Waals surface area (Å²) in [4.78, 5) is 12.3. The fraction of sp³-hybridized carbons (Fsp3) is 0.409. The molecule has 1 aliphatic rings. The lowest BCUT2D eigenvalue weighted by molar-refractivity contribution is -0.128. The van der Waals surface area contributed by atoms with E-state index in [9.17, 15) is 4.79 Å². The third kappa shape index (κ3) is 5.17. The summed E-state index contributed by atoms with van der Waals surface area (Å²) in [6.07, 6.45) is 4.33. The maximum Gasteiger partial charge on any atom is 0.246 e. The van der Waals surface area contributed by atoms with Gasteiger partial charge in [0.05, 0.1) is 0 Å². The fourth-order valence-electron chi connectivity index (χ4n) is 3.47. The number of carbonyl (C=O) groups excluding carboxylic acids is 1. The van der Waals surface area contributed by atoms with E-state index < -0.39 is 0 Å². The van der Waals surface area contributed by atoms with Crippen LogP contribution in [0.4, 0.5) is 0 Å². The smallest absolute Gasteiger partial charge is 0.246 e. The molecule has 3 heteroatoms. The third-order valence-electron chi connectivity index (χ3n) is 4.97. The summed E-state index contributed by atoms with van der Waals surface area (Å²) in [5.41, 5.74) is 2.13. The fourth-order valence-corrected chi connectivity index (χ4v) is 3.47. The normalized spacial score (nSPS) is 20.4. The number of benzene rings is 2. The molecule has 0 saturated heterocycles. The largest absolute Gasteiger partial charge is 0.359 e. The lowest BCUT2D eigenvalue weighted by Crippen LogP contribution is -2.39. The Bertz CT molecular complexity index is 609. The Hall–Kier alpha value is -2.13. The van der Waals surface area contributed by atoms with Crippen LogP contribution in [0.3, 0.4) is 0 Å². The second-order valence-corrected chi connectivity index (χ2v) is 7.04. The summed E-state index contributed by atoms with van der Waals surface area (Å²) in [5.74, 6) is 0.765. The Balaban J connectivity index is 1.60. The van der Waals surface area contributed by atoms with Gasteiger partial charge in [-0.25, -0.2) is 0 Å². The zero-order valence-corrected chi connectivity index (χ0v) is 14.9. The highest BCUT2D eigenvalue weighted by molar-refractivity contribution is 5.77. The molecule has 2 aromatic carbocycles. The Labute approximate surface area is 150 Å². The SMILES string of the molecule is CC1CCC(NC(=O)COC(c2ccccc2)c2ccccc2)CC1. The first-order valence-electron chi connectivity index (χ1n) is 9.23. The molecular formula is C22H27NO2. The minimum atomic E-state index is -0.223. The van der Waals surface area contributed by atoms with Crippen LogP contribution in [-0.4, -0.2) is 18.6 Å². The summed E-state index contributed by atoms with van der Waals surface area (Å²) >= 11 is 0. The second-order valence-electron chi connectivity index (χ2n) is 7.04. The van der Waals surface area contributed by atoms with Crippen molar-refractivity contribution >= 4 is 5.91 Å². The molecule has 3 nitrogen and oxygen atoms in total. The Morgan fingerprint density at radius 2 is 1.48 bits per heavy atom. The quantitative estimate of drug-likeness (QED) is 0.843. The van der Waals surface area contributed by atoms with Gasteiger partial charge in [0.15, 0.2) is 0 Å². The van der Waals surface area contributed by atoms with Gasteiger partial charge in [0, 0.05) is 6.04 Å². The van der Waals surface area contributed by atoms with Crippen LogP contribution in [0.15, 0.2) is 60.7 Å². The van der Waals surface area contributed by atoms with Crippen molar-refractivity contribution in [2.24, 2.45) is 5.92 Å². The minimum Gasteiger partial charge on any atom is -0.359 e. The van der Waals surface area contributed by atoms with Gasteiger partial charge in [0.25, 0.3) is 0 Å². The highest BCUT2D eigenvalue weighted by Crippen LogP contribution is 2.26. The van der Waals surface area contributed by atoms with Crippen molar-refractivity contribution in [1.29, 1.82) is 0 Å². The lowest BCUT2D eigenvalue weighted by Gasteiger charge is -2.27. The van der Waals surface area contributed by atoms with Gasteiger partial charge in [-0.15, -0.1) is 0 Å². The van der Waals surface area contributed by atoms with Crippen LogP contribution < -0.4 is 5.32 Å². The zero-order chi connectivity index (χ0) is 17.5. The molecule has 3 rings (SSSR count). The van der Waals surface area contributed by atoms with E-state index in [1.807, 2.05) is 60.7 Å². The van der Waals surface area contributed by atoms with Gasteiger partial charge in [0.2, 0.25) is 5.91 Å². The molecule has 0 radical (unpaired) electrons. The van der Waals surface area contributed by atoms with Gasteiger partial charge in [-0.05, 0) is 42.7 Å². The highest BCUT2D eigenvalue weighted by Gasteiger charge is 2.21. The average molecular weight is 337 g/mol. The van der Waals surface area contributed by atoms with Crippen LogP contribution in [-0.2, 0) is 9.53 Å². The molecule has 0 unspecified atom stereocenters. The van der Waals surface area contributed by atoms with Gasteiger partial charge < -0.3 is 10.1 Å². The summed E-state index contributed by atoms with van der Waals surface area (Å²) in [6.45, 7) is 2.37. The molecule has 0 bridgehead atoms. The molecule has 1 aliphatic carbocycles. The number of hydrogen-bond acceptors (Lipinski definition) is 2. The molecule has 0 aliphatic heterocycles. The van der Waals surface area contributed by atoms with Crippen LogP contribution in [0.25, 0.3) is 0 Å². The summed E-state index contributed by atoms with van der Waals surface area (Å²) in [7, 11) is 0. The van der Waals surface area contributed by atoms with E-state index in [4.69, 9.17) is 4.74 Å². The number of rotatable bonds is 6. The van der Waals surface area contributed by atoms with Crippen molar-refractivity contribution in [2.75, 3.05) is 6.61 Å². The second kappa shape index (κ2) is 8.82. The van der Waals surface area contributed by atoms with Crippen molar-refractivity contribution < 1.29 is 9.53 Å². The monoisotopic (exact) mass is 337 g/mol. The van der Waals surface area contributed by atoms with Crippen LogP contribution in [0.5, 0.6) is 0 Å². The van der Waals surface area contributed by atoms with Gasteiger partial charge in [-0.2, -0.15) is 0 Å². The van der Waals surface area contributed by atoms with Crippen molar-refractivity contribution in [3.63, 3.8) is 0 Å². The minimum absolute atomic E-state index is 0.0172. The van der Waals surface area contributed by atoms with E-state index in [2.05, 4.69) is 12.2 Å². The molecule has 1 N–H and O–H groups in total. The van der Waals surface area contributed by atoms with Crippen molar-refractivity contribution in [1.82, 2.24) is 5.32 Å². The number of nitrogens with one attached hydrogen (secondary N) is 1. The molecule has 0 spiro atoms. The van der Waals surface area contributed by atoms with E-state index in [1.165, 1.54) is 12.8 Å². The van der Waals surface area contributed by atoms with Gasteiger partial charge in [-0.1, -0.05) is 67.6 Å². The van der Waals surface area contributed by atoms with Gasteiger partial charge in [0.1, 0.15) is 12.7 Å². The zero-order valence-electron chi connectivity index (χ0n) is 14.9. The molecule has 0 atom stereocenters. The van der Waals surface area contributed by atoms with Crippen molar-refractivity contribution in [3.8, 4) is 0 Å². The summed E-state index contributed by atoms with van der Waals surface area (Å²) in [6, 6.07) is 20.4. The van der Waals surface area contributed by atoms with Crippen LogP contribution in [0.2, 0.25) is 0 Å². The summed E-state index contributed by atoms with van der Waals surface area (Å²) < 4.78 is 6.03. The Morgan fingerprint density at radius 3 is 2.00 bits per heavy atom. The van der Waals surface area contributed by atoms with E-state index in [1.54, 1.807) is 0 Å². The van der Waals surface area contributed by atoms with Crippen LogP contribution >= 0.6 is 0 Å². The van der Waals surface area contributed by atoms with Crippen LogP contribution in [0.1, 0.15) is 49.8 Å². The Morgan fingerprint density at radius 1 is 0.960 bits per heavy atom. The number of amides is 1. The molecule has 1 saturated carbocycles. The van der Waals surface area contributed by atoms with Crippen molar-refractivity contribution in [3.05, 3.63) is 71.8 Å². The molecule has 1 fully saturated rings. The molecule has 0 aromatic heterocycles. The maximum atomic E-state index is 12.3. The molecule has 0 heterocycles. The molecular weight excluding hydrogens is 310 g/mol. The van der Waals surface area contributed by atoms with Crippen LogP contribution in [0, 0.1) is 5.92 Å². The number of hydrogen-bond donors (Lipinski definition) is 1. The average Bonchev–Trinajstić information content (AvgIpc) is 2.66. The topological polar surface area (TPSA) is 38.3 Å².